The number of hydrogen-bond acceptors (Lipinski definition) is 4. The van der Waals surface area contributed by atoms with Crippen LogP contribution in [0.2, 0.25) is 10.0 Å². The number of benzene rings is 2. The summed E-state index contributed by atoms with van der Waals surface area (Å²) in [5.41, 5.74) is 0.672. The molecule has 0 aliphatic carbocycles. The zero-order valence-corrected chi connectivity index (χ0v) is 14.9. The molecule has 0 heterocycles. The van der Waals surface area contributed by atoms with Gasteiger partial charge in [0, 0.05) is 10.0 Å². The van der Waals surface area contributed by atoms with Gasteiger partial charge in [-0.25, -0.2) is 0 Å². The highest BCUT2D eigenvalue weighted by atomic mass is 35.5. The van der Waals surface area contributed by atoms with E-state index in [-0.39, 0.29) is 5.97 Å². The van der Waals surface area contributed by atoms with E-state index in [9.17, 15) is 4.79 Å². The minimum atomic E-state index is -0.516. The Balaban J connectivity index is 2.04. The SMILES string of the molecule is COC(=O)[C@H](CCOc1ccc(OC)cc1)c1ccc(Cl)cc1Cl. The predicted molar refractivity (Wildman–Crippen MR) is 94.3 cm³/mol. The molecule has 0 amide bonds. The van der Waals surface area contributed by atoms with E-state index < -0.39 is 5.92 Å². The molecule has 0 aliphatic rings. The lowest BCUT2D eigenvalue weighted by molar-refractivity contribution is -0.142. The van der Waals surface area contributed by atoms with Crippen molar-refractivity contribution in [2.45, 2.75) is 12.3 Å². The maximum absolute atomic E-state index is 12.1. The van der Waals surface area contributed by atoms with Crippen LogP contribution in [-0.4, -0.2) is 26.8 Å². The quantitative estimate of drug-likeness (QED) is 0.662. The number of methoxy groups -OCH3 is 2. The zero-order chi connectivity index (χ0) is 17.5. The van der Waals surface area contributed by atoms with Crippen LogP contribution in [0.1, 0.15) is 17.9 Å². The minimum Gasteiger partial charge on any atom is -0.497 e. The van der Waals surface area contributed by atoms with Gasteiger partial charge in [0.25, 0.3) is 0 Å². The summed E-state index contributed by atoms with van der Waals surface area (Å²) in [5.74, 6) is 0.569. The maximum Gasteiger partial charge on any atom is 0.313 e. The molecule has 4 nitrogen and oxygen atoms in total. The highest BCUT2D eigenvalue weighted by molar-refractivity contribution is 6.35. The molecule has 2 aromatic rings. The van der Waals surface area contributed by atoms with Crippen LogP contribution in [0.3, 0.4) is 0 Å². The average Bonchev–Trinajstić information content (AvgIpc) is 2.59. The van der Waals surface area contributed by atoms with Gasteiger partial charge in [0.05, 0.1) is 26.7 Å². The summed E-state index contributed by atoms with van der Waals surface area (Å²) in [4.78, 5) is 12.1. The maximum atomic E-state index is 12.1. The Bertz CT molecular complexity index is 686. The highest BCUT2D eigenvalue weighted by Gasteiger charge is 2.24. The Morgan fingerprint density at radius 2 is 1.71 bits per heavy atom. The lowest BCUT2D eigenvalue weighted by Crippen LogP contribution is -2.17. The molecule has 0 saturated carbocycles. The first-order valence-corrected chi connectivity index (χ1v) is 8.10. The standard InChI is InChI=1S/C18H18Cl2O4/c1-22-13-4-6-14(7-5-13)24-10-9-16(18(21)23-2)15-8-3-12(19)11-17(15)20/h3-8,11,16H,9-10H2,1-2H3/t16-/m1/s1. The van der Waals surface area contributed by atoms with Crippen molar-refractivity contribution in [1.29, 1.82) is 0 Å². The summed E-state index contributed by atoms with van der Waals surface area (Å²) < 4.78 is 15.7. The Morgan fingerprint density at radius 3 is 2.29 bits per heavy atom. The molecule has 1 atom stereocenters. The Morgan fingerprint density at radius 1 is 1.04 bits per heavy atom. The molecule has 128 valence electrons. The number of ether oxygens (including phenoxy) is 3. The summed E-state index contributed by atoms with van der Waals surface area (Å²) >= 11 is 12.1. The molecule has 6 heteroatoms. The second-order valence-electron chi connectivity index (χ2n) is 5.05. The van der Waals surface area contributed by atoms with Gasteiger partial charge in [-0.2, -0.15) is 0 Å². The number of halogens is 2. The summed E-state index contributed by atoms with van der Waals surface area (Å²) in [7, 11) is 2.95. The van der Waals surface area contributed by atoms with E-state index in [4.69, 9.17) is 37.4 Å². The van der Waals surface area contributed by atoms with E-state index in [1.165, 1.54) is 7.11 Å². The molecule has 2 rings (SSSR count). The fraction of sp³-hybridized carbons (Fsp3) is 0.278. The van der Waals surface area contributed by atoms with Gasteiger partial charge in [0.15, 0.2) is 0 Å². The minimum absolute atomic E-state index is 0.338. The molecular weight excluding hydrogens is 351 g/mol. The van der Waals surface area contributed by atoms with E-state index in [0.29, 0.717) is 34.4 Å². The van der Waals surface area contributed by atoms with Gasteiger partial charge in [0.2, 0.25) is 0 Å². The Hall–Kier alpha value is -1.91. The van der Waals surface area contributed by atoms with Crippen molar-refractivity contribution in [2.24, 2.45) is 0 Å². The third-order valence-electron chi connectivity index (χ3n) is 3.56. The van der Waals surface area contributed by atoms with Crippen molar-refractivity contribution in [3.63, 3.8) is 0 Å². The van der Waals surface area contributed by atoms with E-state index in [0.717, 1.165) is 5.75 Å². The Labute approximate surface area is 151 Å². The summed E-state index contributed by atoms with van der Waals surface area (Å²) in [5, 5.41) is 0.948. The van der Waals surface area contributed by atoms with Gasteiger partial charge >= 0.3 is 5.97 Å². The first kappa shape index (κ1) is 18.4. The molecule has 0 fully saturated rings. The summed E-state index contributed by atoms with van der Waals surface area (Å²) in [6.45, 7) is 0.338. The molecule has 0 N–H and O–H groups in total. The first-order valence-electron chi connectivity index (χ1n) is 7.34. The predicted octanol–water partition coefficient (Wildman–Crippen LogP) is 4.73. The van der Waals surface area contributed by atoms with Crippen LogP contribution in [0.25, 0.3) is 0 Å². The van der Waals surface area contributed by atoms with Crippen LogP contribution >= 0.6 is 23.2 Å². The smallest absolute Gasteiger partial charge is 0.313 e. The average molecular weight is 369 g/mol. The molecule has 0 radical (unpaired) electrons. The van der Waals surface area contributed by atoms with Gasteiger partial charge in [-0.05, 0) is 48.4 Å². The third kappa shape index (κ3) is 4.79. The molecule has 0 saturated heterocycles. The first-order chi connectivity index (χ1) is 11.5. The van der Waals surface area contributed by atoms with Crippen molar-refractivity contribution in [2.75, 3.05) is 20.8 Å². The fourth-order valence-electron chi connectivity index (χ4n) is 2.29. The van der Waals surface area contributed by atoms with E-state index in [1.807, 2.05) is 12.1 Å². The number of hydrogen-bond donors (Lipinski definition) is 0. The van der Waals surface area contributed by atoms with Gasteiger partial charge in [-0.1, -0.05) is 29.3 Å². The molecule has 0 bridgehead atoms. The molecule has 2 aromatic carbocycles. The van der Waals surface area contributed by atoms with Crippen LogP contribution in [0, 0.1) is 0 Å². The Kier molecular flexibility index (Phi) is 6.76. The monoisotopic (exact) mass is 368 g/mol. The van der Waals surface area contributed by atoms with Crippen molar-refractivity contribution in [3.8, 4) is 11.5 Å². The lowest BCUT2D eigenvalue weighted by Gasteiger charge is -2.17. The van der Waals surface area contributed by atoms with E-state index in [2.05, 4.69) is 0 Å². The van der Waals surface area contributed by atoms with Crippen LogP contribution in [-0.2, 0) is 9.53 Å². The summed E-state index contributed by atoms with van der Waals surface area (Å²) in [6.07, 6.45) is 0.431. The molecule has 24 heavy (non-hydrogen) atoms. The topological polar surface area (TPSA) is 44.8 Å². The third-order valence-corrected chi connectivity index (χ3v) is 4.12. The van der Waals surface area contributed by atoms with Crippen LogP contribution < -0.4 is 9.47 Å². The zero-order valence-electron chi connectivity index (χ0n) is 13.4. The van der Waals surface area contributed by atoms with E-state index in [1.54, 1.807) is 37.4 Å². The van der Waals surface area contributed by atoms with Gasteiger partial charge in [0.1, 0.15) is 11.5 Å². The van der Waals surface area contributed by atoms with Crippen molar-refractivity contribution in [3.05, 3.63) is 58.1 Å². The molecule has 0 spiro atoms. The van der Waals surface area contributed by atoms with Gasteiger partial charge in [-0.15, -0.1) is 0 Å². The van der Waals surface area contributed by atoms with Crippen LogP contribution in [0.15, 0.2) is 42.5 Å². The van der Waals surface area contributed by atoms with Gasteiger partial charge in [-0.3, -0.25) is 4.79 Å². The van der Waals surface area contributed by atoms with Crippen molar-refractivity contribution >= 4 is 29.2 Å². The second kappa shape index (κ2) is 8.81. The number of rotatable bonds is 7. The van der Waals surface area contributed by atoms with Gasteiger partial charge < -0.3 is 14.2 Å². The number of carbonyl (C=O) groups is 1. The molecular formula is C18H18Cl2O4. The normalized spacial score (nSPS) is 11.7. The molecule has 0 aromatic heterocycles. The van der Waals surface area contributed by atoms with E-state index >= 15 is 0 Å². The van der Waals surface area contributed by atoms with Crippen LogP contribution in [0.4, 0.5) is 0 Å². The van der Waals surface area contributed by atoms with Crippen LogP contribution in [0.5, 0.6) is 11.5 Å². The fourth-order valence-corrected chi connectivity index (χ4v) is 2.83. The van der Waals surface area contributed by atoms with Crippen molar-refractivity contribution in [1.82, 2.24) is 0 Å². The molecule has 0 unspecified atom stereocenters. The number of carbonyl (C=O) groups excluding carboxylic acids is 1. The molecule has 0 aliphatic heterocycles. The van der Waals surface area contributed by atoms with Crippen molar-refractivity contribution < 1.29 is 19.0 Å². The summed E-state index contributed by atoms with van der Waals surface area (Å²) in [6, 6.07) is 12.3. The number of esters is 1. The largest absolute Gasteiger partial charge is 0.497 e. The second-order valence-corrected chi connectivity index (χ2v) is 5.90. The lowest BCUT2D eigenvalue weighted by atomic mass is 9.96. The highest BCUT2D eigenvalue weighted by Crippen LogP contribution is 2.31.